The van der Waals surface area contributed by atoms with Crippen LogP contribution in [0.25, 0.3) is 0 Å². The van der Waals surface area contributed by atoms with Gasteiger partial charge in [0.1, 0.15) is 0 Å². The maximum absolute atomic E-state index is 10.2. The van der Waals surface area contributed by atoms with Crippen molar-refractivity contribution in [2.24, 2.45) is 11.7 Å². The van der Waals surface area contributed by atoms with Crippen LogP contribution >= 0.6 is 11.6 Å². The summed E-state index contributed by atoms with van der Waals surface area (Å²) in [5, 5.41) is 10.9. The van der Waals surface area contributed by atoms with Crippen molar-refractivity contribution in [1.82, 2.24) is 0 Å². The van der Waals surface area contributed by atoms with Crippen LogP contribution < -0.4 is 5.73 Å². The Morgan fingerprint density at radius 2 is 1.88 bits per heavy atom. The molecule has 96 valence electrons. The summed E-state index contributed by atoms with van der Waals surface area (Å²) < 4.78 is 0. The molecular formula is C14H22ClNO. The Morgan fingerprint density at radius 1 is 1.29 bits per heavy atom. The molecular weight excluding hydrogens is 234 g/mol. The van der Waals surface area contributed by atoms with Crippen LogP contribution in [-0.2, 0) is 0 Å². The lowest BCUT2D eigenvalue weighted by Gasteiger charge is -2.24. The molecule has 0 saturated heterocycles. The first-order chi connectivity index (χ1) is 8.08. The highest BCUT2D eigenvalue weighted by Gasteiger charge is 2.21. The largest absolute Gasteiger partial charge is 0.392 e. The summed E-state index contributed by atoms with van der Waals surface area (Å²) in [6, 6.07) is 7.57. The maximum Gasteiger partial charge on any atom is 0.0623 e. The summed E-state index contributed by atoms with van der Waals surface area (Å²) in [6.07, 6.45) is 1.49. The highest BCUT2D eigenvalue weighted by molar-refractivity contribution is 6.30. The molecule has 1 aromatic rings. The number of nitrogens with two attached hydrogens (primary N) is 1. The standard InChI is InChI=1S/C14H22ClNO/c1-3-10(2)8-14(17)13(9-16)11-4-6-12(15)7-5-11/h4-7,10,13-14,17H,3,8-9,16H2,1-2H3. The predicted molar refractivity (Wildman–Crippen MR) is 73.3 cm³/mol. The number of rotatable bonds is 6. The third-order valence-corrected chi connectivity index (χ3v) is 3.61. The Bertz CT molecular complexity index is 325. The second-order valence-electron chi connectivity index (χ2n) is 4.71. The molecule has 17 heavy (non-hydrogen) atoms. The van der Waals surface area contributed by atoms with Gasteiger partial charge in [-0.25, -0.2) is 0 Å². The number of hydrogen-bond donors (Lipinski definition) is 2. The van der Waals surface area contributed by atoms with Gasteiger partial charge in [0.05, 0.1) is 6.10 Å². The van der Waals surface area contributed by atoms with E-state index in [1.807, 2.05) is 24.3 Å². The van der Waals surface area contributed by atoms with Gasteiger partial charge in [-0.05, 0) is 30.0 Å². The monoisotopic (exact) mass is 255 g/mol. The summed E-state index contributed by atoms with van der Waals surface area (Å²) in [4.78, 5) is 0. The summed E-state index contributed by atoms with van der Waals surface area (Å²) >= 11 is 5.85. The second kappa shape index (κ2) is 7.00. The summed E-state index contributed by atoms with van der Waals surface area (Å²) in [7, 11) is 0. The first kappa shape index (κ1) is 14.5. The molecule has 0 aliphatic rings. The van der Waals surface area contributed by atoms with Gasteiger partial charge in [-0.3, -0.25) is 0 Å². The minimum atomic E-state index is -0.379. The zero-order valence-corrected chi connectivity index (χ0v) is 11.3. The minimum absolute atomic E-state index is 0.00117. The van der Waals surface area contributed by atoms with Gasteiger partial charge in [0, 0.05) is 17.5 Å². The maximum atomic E-state index is 10.2. The van der Waals surface area contributed by atoms with Gasteiger partial charge < -0.3 is 10.8 Å². The normalized spacial score (nSPS) is 16.5. The van der Waals surface area contributed by atoms with Crippen LogP contribution in [0.4, 0.5) is 0 Å². The molecule has 3 atom stereocenters. The third-order valence-electron chi connectivity index (χ3n) is 3.36. The van der Waals surface area contributed by atoms with Gasteiger partial charge in [-0.2, -0.15) is 0 Å². The quantitative estimate of drug-likeness (QED) is 0.820. The molecule has 3 heteroatoms. The van der Waals surface area contributed by atoms with Crippen molar-refractivity contribution in [2.45, 2.75) is 38.7 Å². The molecule has 0 aliphatic carbocycles. The van der Waals surface area contributed by atoms with Crippen LogP contribution in [0, 0.1) is 5.92 Å². The van der Waals surface area contributed by atoms with E-state index in [2.05, 4.69) is 13.8 Å². The van der Waals surface area contributed by atoms with Crippen LogP contribution in [0.1, 0.15) is 38.2 Å². The fourth-order valence-corrected chi connectivity index (χ4v) is 2.09. The van der Waals surface area contributed by atoms with E-state index < -0.39 is 0 Å². The number of aliphatic hydroxyl groups excluding tert-OH is 1. The Labute approximate surface area is 109 Å². The fourth-order valence-electron chi connectivity index (χ4n) is 1.97. The lowest BCUT2D eigenvalue weighted by atomic mass is 9.87. The molecule has 0 fully saturated rings. The molecule has 0 aromatic heterocycles. The Morgan fingerprint density at radius 3 is 2.35 bits per heavy atom. The molecule has 0 aliphatic heterocycles. The molecule has 0 bridgehead atoms. The zero-order valence-electron chi connectivity index (χ0n) is 10.6. The molecule has 3 unspecified atom stereocenters. The first-order valence-corrected chi connectivity index (χ1v) is 6.59. The van der Waals surface area contributed by atoms with Crippen molar-refractivity contribution in [1.29, 1.82) is 0 Å². The topological polar surface area (TPSA) is 46.2 Å². The van der Waals surface area contributed by atoms with E-state index in [0.29, 0.717) is 17.5 Å². The van der Waals surface area contributed by atoms with Crippen LogP contribution in [0.15, 0.2) is 24.3 Å². The van der Waals surface area contributed by atoms with Gasteiger partial charge in [-0.1, -0.05) is 44.0 Å². The minimum Gasteiger partial charge on any atom is -0.392 e. The summed E-state index contributed by atoms with van der Waals surface area (Å²) in [5.74, 6) is 0.521. The van der Waals surface area contributed by atoms with Gasteiger partial charge >= 0.3 is 0 Å². The van der Waals surface area contributed by atoms with Crippen LogP contribution in [-0.4, -0.2) is 17.8 Å². The molecule has 1 aromatic carbocycles. The van der Waals surface area contributed by atoms with E-state index in [0.717, 1.165) is 18.4 Å². The van der Waals surface area contributed by atoms with Gasteiger partial charge in [-0.15, -0.1) is 0 Å². The predicted octanol–water partition coefficient (Wildman–Crippen LogP) is 3.18. The highest BCUT2D eigenvalue weighted by Crippen LogP contribution is 2.25. The van der Waals surface area contributed by atoms with E-state index in [-0.39, 0.29) is 12.0 Å². The summed E-state index contributed by atoms with van der Waals surface area (Å²) in [6.45, 7) is 4.75. The van der Waals surface area contributed by atoms with Crippen LogP contribution in [0.5, 0.6) is 0 Å². The van der Waals surface area contributed by atoms with Gasteiger partial charge in [0.25, 0.3) is 0 Å². The third kappa shape index (κ3) is 4.30. The zero-order chi connectivity index (χ0) is 12.8. The molecule has 1 rings (SSSR count). The van der Waals surface area contributed by atoms with E-state index in [9.17, 15) is 5.11 Å². The Balaban J connectivity index is 2.73. The van der Waals surface area contributed by atoms with Crippen molar-refractivity contribution in [2.75, 3.05) is 6.54 Å². The van der Waals surface area contributed by atoms with Crippen molar-refractivity contribution in [3.63, 3.8) is 0 Å². The number of hydrogen-bond acceptors (Lipinski definition) is 2. The fraction of sp³-hybridized carbons (Fsp3) is 0.571. The highest BCUT2D eigenvalue weighted by atomic mass is 35.5. The molecule has 0 spiro atoms. The second-order valence-corrected chi connectivity index (χ2v) is 5.15. The van der Waals surface area contributed by atoms with E-state index in [1.165, 1.54) is 0 Å². The van der Waals surface area contributed by atoms with Crippen molar-refractivity contribution in [3.05, 3.63) is 34.9 Å². The SMILES string of the molecule is CCC(C)CC(O)C(CN)c1ccc(Cl)cc1. The number of halogens is 1. The van der Waals surface area contributed by atoms with Gasteiger partial charge in [0.2, 0.25) is 0 Å². The van der Waals surface area contributed by atoms with Crippen molar-refractivity contribution < 1.29 is 5.11 Å². The molecule has 0 amide bonds. The average molecular weight is 256 g/mol. The molecule has 0 saturated carbocycles. The van der Waals surface area contributed by atoms with Crippen molar-refractivity contribution in [3.8, 4) is 0 Å². The molecule has 3 N–H and O–H groups in total. The van der Waals surface area contributed by atoms with Crippen LogP contribution in [0.2, 0.25) is 5.02 Å². The molecule has 2 nitrogen and oxygen atoms in total. The summed E-state index contributed by atoms with van der Waals surface area (Å²) in [5.41, 5.74) is 6.83. The van der Waals surface area contributed by atoms with E-state index >= 15 is 0 Å². The van der Waals surface area contributed by atoms with Crippen molar-refractivity contribution >= 4 is 11.6 Å². The lowest BCUT2D eigenvalue weighted by Crippen LogP contribution is -2.27. The first-order valence-electron chi connectivity index (χ1n) is 6.22. The van der Waals surface area contributed by atoms with E-state index in [1.54, 1.807) is 0 Å². The number of aliphatic hydroxyl groups is 1. The molecule has 0 heterocycles. The Kier molecular flexibility index (Phi) is 5.96. The smallest absolute Gasteiger partial charge is 0.0623 e. The van der Waals surface area contributed by atoms with Crippen LogP contribution in [0.3, 0.4) is 0 Å². The molecule has 0 radical (unpaired) electrons. The van der Waals surface area contributed by atoms with Gasteiger partial charge in [0.15, 0.2) is 0 Å². The van der Waals surface area contributed by atoms with E-state index in [4.69, 9.17) is 17.3 Å². The average Bonchev–Trinajstić information content (AvgIpc) is 2.32. The number of benzene rings is 1. The Hall–Kier alpha value is -0.570. The lowest BCUT2D eigenvalue weighted by molar-refractivity contribution is 0.118.